The van der Waals surface area contributed by atoms with E-state index in [2.05, 4.69) is 4.98 Å². The van der Waals surface area contributed by atoms with Crippen LogP contribution in [0.15, 0.2) is 22.5 Å². The molecule has 1 aromatic heterocycles. The molecule has 0 atom stereocenters. The van der Waals surface area contributed by atoms with E-state index in [4.69, 9.17) is 10.2 Å². The number of phenols is 1. The monoisotopic (exact) mass is 198 g/mol. The molecule has 2 rings (SSSR count). The summed E-state index contributed by atoms with van der Waals surface area (Å²) in [6.07, 6.45) is 0. The van der Waals surface area contributed by atoms with E-state index in [1.807, 2.05) is 0 Å². The van der Waals surface area contributed by atoms with Crippen molar-refractivity contribution in [2.75, 3.05) is 0 Å². The number of fused-ring (bicyclic) bond motifs is 1. The highest BCUT2D eigenvalue weighted by Crippen LogP contribution is 2.29. The van der Waals surface area contributed by atoms with Crippen molar-refractivity contribution >= 4 is 33.5 Å². The van der Waals surface area contributed by atoms with E-state index < -0.39 is 0 Å². The molecule has 0 unspecified atom stereocenters. The number of nitrogens with zero attached hydrogens (tertiary/aromatic N) is 1. The normalized spacial score (nSPS) is 10.8. The number of thiazole rings is 1. The number of nitrogens with two attached hydrogens (primary N) is 1. The van der Waals surface area contributed by atoms with E-state index >= 15 is 0 Å². The van der Waals surface area contributed by atoms with E-state index in [1.54, 1.807) is 18.2 Å². The first-order valence-corrected chi connectivity index (χ1v) is 4.95. The molecule has 5 heteroatoms. The molecule has 3 N–H and O–H groups in total. The van der Waals surface area contributed by atoms with Gasteiger partial charge in [-0.1, -0.05) is 0 Å². The van der Waals surface area contributed by atoms with Crippen LogP contribution in [0.5, 0.6) is 5.75 Å². The molecule has 0 radical (unpaired) electrons. The summed E-state index contributed by atoms with van der Waals surface area (Å²) in [5, 5.41) is 14.5. The second kappa shape index (κ2) is 2.93. The number of rotatable bonds is 1. The smallest absolute Gasteiger partial charge is 0.165 e. The number of benzene rings is 1. The van der Waals surface area contributed by atoms with Crippen molar-refractivity contribution in [3.8, 4) is 5.75 Å². The summed E-state index contributed by atoms with van der Waals surface area (Å²) < 4.78 is 1.78. The second-order valence-electron chi connectivity index (χ2n) is 2.25. The maximum absolute atomic E-state index is 9.15. The lowest BCUT2D eigenvalue weighted by Crippen LogP contribution is -1.75. The molecule has 0 amide bonds. The van der Waals surface area contributed by atoms with Gasteiger partial charge in [0.15, 0.2) is 4.34 Å². The van der Waals surface area contributed by atoms with Crippen molar-refractivity contribution < 1.29 is 5.11 Å². The Bertz CT molecular complexity index is 413. The lowest BCUT2D eigenvalue weighted by Gasteiger charge is -1.87. The lowest BCUT2D eigenvalue weighted by atomic mass is 10.3. The topological polar surface area (TPSA) is 59.1 Å². The molecule has 0 aliphatic heterocycles. The van der Waals surface area contributed by atoms with Gasteiger partial charge < -0.3 is 5.11 Å². The SMILES string of the molecule is NSc1nc2ccc(O)cc2s1. The van der Waals surface area contributed by atoms with Crippen LogP contribution < -0.4 is 5.14 Å². The predicted molar refractivity (Wildman–Crippen MR) is 51.3 cm³/mol. The van der Waals surface area contributed by atoms with E-state index in [9.17, 15) is 0 Å². The third-order valence-corrected chi connectivity index (χ3v) is 3.10. The summed E-state index contributed by atoms with van der Waals surface area (Å²) in [4.78, 5) is 4.22. The van der Waals surface area contributed by atoms with E-state index in [-0.39, 0.29) is 5.75 Å². The molecule has 0 bridgehead atoms. The summed E-state index contributed by atoms with van der Waals surface area (Å²) in [7, 11) is 0. The van der Waals surface area contributed by atoms with Crippen LogP contribution in [0.4, 0.5) is 0 Å². The van der Waals surface area contributed by atoms with Gasteiger partial charge in [0.1, 0.15) is 5.75 Å². The fraction of sp³-hybridized carbons (Fsp3) is 0. The maximum Gasteiger partial charge on any atom is 0.165 e. The third-order valence-electron chi connectivity index (χ3n) is 1.45. The average Bonchev–Trinajstić information content (AvgIpc) is 2.46. The first-order chi connectivity index (χ1) is 5.79. The Morgan fingerprint density at radius 3 is 3.08 bits per heavy atom. The molecule has 0 saturated carbocycles. The van der Waals surface area contributed by atoms with Crippen molar-refractivity contribution in [2.24, 2.45) is 5.14 Å². The molecule has 0 aliphatic rings. The quantitative estimate of drug-likeness (QED) is 0.688. The molecular formula is C7H6N2OS2. The number of phenolic OH excluding ortho intramolecular Hbond substituents is 1. The first-order valence-electron chi connectivity index (χ1n) is 3.26. The summed E-state index contributed by atoms with van der Waals surface area (Å²) in [6.45, 7) is 0. The zero-order valence-corrected chi connectivity index (χ0v) is 7.65. The molecule has 0 fully saturated rings. The maximum atomic E-state index is 9.15. The summed E-state index contributed by atoms with van der Waals surface area (Å²) in [6, 6.07) is 5.08. The van der Waals surface area contributed by atoms with Crippen LogP contribution in [0.2, 0.25) is 0 Å². The Balaban J connectivity index is 2.67. The summed E-state index contributed by atoms with van der Waals surface area (Å²) in [5.74, 6) is 0.264. The fourth-order valence-electron chi connectivity index (χ4n) is 0.943. The number of hydrogen-bond acceptors (Lipinski definition) is 5. The molecule has 1 aromatic carbocycles. The third kappa shape index (κ3) is 1.26. The highest BCUT2D eigenvalue weighted by atomic mass is 32.2. The van der Waals surface area contributed by atoms with E-state index in [1.165, 1.54) is 11.3 Å². The average molecular weight is 198 g/mol. The molecule has 0 aliphatic carbocycles. The van der Waals surface area contributed by atoms with Crippen LogP contribution in [-0.4, -0.2) is 10.1 Å². The van der Waals surface area contributed by atoms with Gasteiger partial charge in [0.2, 0.25) is 0 Å². The number of aromatic nitrogens is 1. The highest BCUT2D eigenvalue weighted by molar-refractivity contribution is 7.99. The molecule has 0 saturated heterocycles. The molecule has 12 heavy (non-hydrogen) atoms. The van der Waals surface area contributed by atoms with Gasteiger partial charge in [0.05, 0.1) is 10.2 Å². The summed E-state index contributed by atoms with van der Waals surface area (Å²) >= 11 is 2.60. The fourth-order valence-corrected chi connectivity index (χ4v) is 2.29. The molecular weight excluding hydrogens is 192 g/mol. The van der Waals surface area contributed by atoms with Gasteiger partial charge in [0.25, 0.3) is 0 Å². The Labute approximate surface area is 77.4 Å². The summed E-state index contributed by atoms with van der Waals surface area (Å²) in [5.41, 5.74) is 0.880. The standard InChI is InChI=1S/C7H6N2OS2/c8-12-7-9-5-2-1-4(10)3-6(5)11-7/h1-3,10H,8H2. The Kier molecular flexibility index (Phi) is 1.92. The Hall–Kier alpha value is -0.780. The largest absolute Gasteiger partial charge is 0.508 e. The zero-order valence-electron chi connectivity index (χ0n) is 6.02. The van der Waals surface area contributed by atoms with Crippen LogP contribution in [0.1, 0.15) is 0 Å². The van der Waals surface area contributed by atoms with Crippen molar-refractivity contribution in [3.05, 3.63) is 18.2 Å². The van der Waals surface area contributed by atoms with Crippen LogP contribution >= 0.6 is 23.3 Å². The van der Waals surface area contributed by atoms with Gasteiger partial charge in [-0.05, 0) is 30.1 Å². The van der Waals surface area contributed by atoms with Gasteiger partial charge in [-0.25, -0.2) is 4.98 Å². The molecule has 62 valence electrons. The molecule has 3 nitrogen and oxygen atoms in total. The van der Waals surface area contributed by atoms with Gasteiger partial charge in [-0.3, -0.25) is 5.14 Å². The minimum atomic E-state index is 0.264. The second-order valence-corrected chi connectivity index (χ2v) is 4.16. The minimum Gasteiger partial charge on any atom is -0.508 e. The van der Waals surface area contributed by atoms with Crippen molar-refractivity contribution in [1.29, 1.82) is 0 Å². The zero-order chi connectivity index (χ0) is 8.55. The first kappa shape index (κ1) is 7.85. The molecule has 2 aromatic rings. The van der Waals surface area contributed by atoms with Gasteiger partial charge in [0, 0.05) is 0 Å². The number of hydrogen-bond donors (Lipinski definition) is 2. The molecule has 0 spiro atoms. The Morgan fingerprint density at radius 2 is 2.33 bits per heavy atom. The van der Waals surface area contributed by atoms with E-state index in [0.717, 1.165) is 26.5 Å². The Morgan fingerprint density at radius 1 is 1.50 bits per heavy atom. The molecule has 1 heterocycles. The van der Waals surface area contributed by atoms with Crippen LogP contribution in [0.3, 0.4) is 0 Å². The lowest BCUT2D eigenvalue weighted by molar-refractivity contribution is 0.476. The van der Waals surface area contributed by atoms with Gasteiger partial charge >= 0.3 is 0 Å². The van der Waals surface area contributed by atoms with Gasteiger partial charge in [-0.15, -0.1) is 11.3 Å². The van der Waals surface area contributed by atoms with Crippen molar-refractivity contribution in [3.63, 3.8) is 0 Å². The number of aromatic hydroxyl groups is 1. The van der Waals surface area contributed by atoms with Crippen LogP contribution in [0.25, 0.3) is 10.2 Å². The van der Waals surface area contributed by atoms with E-state index in [0.29, 0.717) is 0 Å². The predicted octanol–water partition coefficient (Wildman–Crippen LogP) is 1.97. The van der Waals surface area contributed by atoms with Crippen LogP contribution in [0, 0.1) is 0 Å². The van der Waals surface area contributed by atoms with Crippen molar-refractivity contribution in [1.82, 2.24) is 4.98 Å². The van der Waals surface area contributed by atoms with Crippen molar-refractivity contribution in [2.45, 2.75) is 4.34 Å². The minimum absolute atomic E-state index is 0.264. The van der Waals surface area contributed by atoms with Gasteiger partial charge in [-0.2, -0.15) is 0 Å². The highest BCUT2D eigenvalue weighted by Gasteiger charge is 2.02. The van der Waals surface area contributed by atoms with Crippen LogP contribution in [-0.2, 0) is 0 Å².